The van der Waals surface area contributed by atoms with Gasteiger partial charge >= 0.3 is 18.3 Å². The van der Waals surface area contributed by atoms with Crippen LogP contribution in [0.4, 0.5) is 26.1 Å². The van der Waals surface area contributed by atoms with Crippen LogP contribution >= 0.6 is 0 Å². The zero-order valence-electron chi connectivity index (χ0n) is 17.4. The topological polar surface area (TPSA) is 120 Å². The maximum Gasteiger partial charge on any atom is 0.387 e. The summed E-state index contributed by atoms with van der Waals surface area (Å²) in [4.78, 5) is 33.0. The monoisotopic (exact) mass is 451 g/mol. The van der Waals surface area contributed by atoms with Crippen LogP contribution in [0.15, 0.2) is 30.6 Å². The molecule has 0 radical (unpaired) electrons. The Bertz CT molecular complexity index is 954. The van der Waals surface area contributed by atoms with E-state index in [1.807, 2.05) is 0 Å². The van der Waals surface area contributed by atoms with Crippen molar-refractivity contribution >= 4 is 23.3 Å². The van der Waals surface area contributed by atoms with Crippen molar-refractivity contribution in [3.05, 3.63) is 46.3 Å². The quantitative estimate of drug-likeness (QED) is 0.347. The highest BCUT2D eigenvalue weighted by Crippen LogP contribution is 2.34. The summed E-state index contributed by atoms with van der Waals surface area (Å²) in [6.07, 6.45) is 2.17. The maximum absolute atomic E-state index is 12.6. The lowest BCUT2D eigenvalue weighted by Gasteiger charge is -2.31. The second-order valence-electron chi connectivity index (χ2n) is 7.00. The molecule has 0 spiro atoms. The molecule has 2 heterocycles. The Labute approximate surface area is 182 Å². The van der Waals surface area contributed by atoms with Gasteiger partial charge in [0.05, 0.1) is 17.4 Å². The number of nitrogens with zero attached hydrogens (tertiary/aromatic N) is 4. The zero-order valence-corrected chi connectivity index (χ0v) is 17.4. The Balaban J connectivity index is 1.77. The van der Waals surface area contributed by atoms with Crippen LogP contribution in [0.3, 0.4) is 0 Å². The van der Waals surface area contributed by atoms with Gasteiger partial charge in [-0.3, -0.25) is 14.9 Å². The molecule has 0 amide bonds. The molecule has 172 valence electrons. The van der Waals surface area contributed by atoms with Gasteiger partial charge in [0.25, 0.3) is 0 Å². The molecule has 0 bridgehead atoms. The number of alkyl halides is 2. The molecule has 1 aliphatic rings. The van der Waals surface area contributed by atoms with Crippen molar-refractivity contribution in [1.82, 2.24) is 9.97 Å². The molecule has 0 aliphatic carbocycles. The third-order valence-electron chi connectivity index (χ3n) is 5.03. The van der Waals surface area contributed by atoms with E-state index in [2.05, 4.69) is 20.0 Å². The van der Waals surface area contributed by atoms with Gasteiger partial charge in [0.2, 0.25) is 11.6 Å². The number of nitro groups is 1. The zero-order chi connectivity index (χ0) is 23.1. The number of ether oxygens (including phenoxy) is 2. The number of hydrogen-bond acceptors (Lipinski definition) is 9. The highest BCUT2D eigenvalue weighted by atomic mass is 19.3. The van der Waals surface area contributed by atoms with Crippen LogP contribution in [0.5, 0.6) is 5.75 Å². The number of piperidine rings is 1. The number of aromatic nitrogens is 2. The summed E-state index contributed by atoms with van der Waals surface area (Å²) in [5, 5.41) is 14.7. The van der Waals surface area contributed by atoms with Crippen molar-refractivity contribution in [1.29, 1.82) is 0 Å². The Hall–Kier alpha value is -3.57. The molecule has 1 aromatic heterocycles. The van der Waals surface area contributed by atoms with E-state index in [4.69, 9.17) is 4.74 Å². The Kier molecular flexibility index (Phi) is 7.68. The molecule has 1 aromatic carbocycles. The summed E-state index contributed by atoms with van der Waals surface area (Å²) in [7, 11) is 0. The van der Waals surface area contributed by atoms with Gasteiger partial charge in [-0.15, -0.1) is 0 Å². The van der Waals surface area contributed by atoms with Crippen molar-refractivity contribution < 1.29 is 28.0 Å². The molecule has 1 N–H and O–H groups in total. The fraction of sp³-hybridized carbons (Fsp3) is 0.450. The molecule has 0 unspecified atom stereocenters. The summed E-state index contributed by atoms with van der Waals surface area (Å²) in [6, 6.07) is 6.14. The lowest BCUT2D eigenvalue weighted by Crippen LogP contribution is -2.37. The van der Waals surface area contributed by atoms with E-state index in [0.29, 0.717) is 38.1 Å². The number of para-hydroxylation sites is 1. The second-order valence-corrected chi connectivity index (χ2v) is 7.00. The molecule has 1 saturated heterocycles. The number of carbonyl (C=O) groups is 1. The molecule has 0 atom stereocenters. The number of hydrogen-bond donors (Lipinski definition) is 1. The molecule has 1 fully saturated rings. The van der Waals surface area contributed by atoms with Gasteiger partial charge in [0.1, 0.15) is 12.1 Å². The normalized spacial score (nSPS) is 14.3. The lowest BCUT2D eigenvalue weighted by atomic mass is 9.97. The summed E-state index contributed by atoms with van der Waals surface area (Å²) in [6.45, 7) is -0.183. The largest absolute Gasteiger partial charge is 0.466 e. The maximum atomic E-state index is 12.6. The van der Waals surface area contributed by atoms with Crippen LogP contribution in [0, 0.1) is 16.0 Å². The first-order valence-electron chi connectivity index (χ1n) is 10.1. The van der Waals surface area contributed by atoms with Crippen molar-refractivity contribution in [2.75, 3.05) is 29.9 Å². The van der Waals surface area contributed by atoms with Crippen molar-refractivity contribution in [2.45, 2.75) is 32.9 Å². The first-order valence-corrected chi connectivity index (χ1v) is 10.1. The Morgan fingerprint density at radius 3 is 2.69 bits per heavy atom. The molecule has 0 saturated carbocycles. The minimum absolute atomic E-state index is 0.0227. The molecular formula is C20H23F2N5O5. The van der Waals surface area contributed by atoms with E-state index in [-0.39, 0.29) is 41.5 Å². The van der Waals surface area contributed by atoms with Gasteiger partial charge in [-0.1, -0.05) is 18.2 Å². The number of carbonyl (C=O) groups excluding carboxylic acids is 1. The van der Waals surface area contributed by atoms with E-state index in [0.717, 1.165) is 0 Å². The van der Waals surface area contributed by atoms with Crippen LogP contribution in [-0.2, 0) is 16.1 Å². The summed E-state index contributed by atoms with van der Waals surface area (Å²) in [5.41, 5.74) is 0.0619. The van der Waals surface area contributed by atoms with Crippen LogP contribution in [0.25, 0.3) is 0 Å². The molecule has 3 rings (SSSR count). The van der Waals surface area contributed by atoms with Gasteiger partial charge in [0, 0.05) is 25.2 Å². The molecule has 12 heteroatoms. The SMILES string of the molecule is CCOC(=O)C1CCN(c2ncnc(NCc3ccccc3OC(F)F)c2[N+](=O)[O-])CC1. The van der Waals surface area contributed by atoms with Crippen LogP contribution in [0.1, 0.15) is 25.3 Å². The first kappa shape index (κ1) is 23.1. The fourth-order valence-corrected chi connectivity index (χ4v) is 3.53. The van der Waals surface area contributed by atoms with Crippen LogP contribution < -0.4 is 15.0 Å². The summed E-state index contributed by atoms with van der Waals surface area (Å²) >= 11 is 0. The first-order chi connectivity index (χ1) is 15.4. The van der Waals surface area contributed by atoms with E-state index in [9.17, 15) is 23.7 Å². The highest BCUT2D eigenvalue weighted by Gasteiger charge is 2.32. The predicted molar refractivity (Wildman–Crippen MR) is 111 cm³/mol. The Morgan fingerprint density at radius 1 is 1.31 bits per heavy atom. The van der Waals surface area contributed by atoms with Crippen molar-refractivity contribution in [2.24, 2.45) is 5.92 Å². The van der Waals surface area contributed by atoms with Crippen molar-refractivity contribution in [3.63, 3.8) is 0 Å². The van der Waals surface area contributed by atoms with E-state index >= 15 is 0 Å². The Morgan fingerprint density at radius 2 is 2.03 bits per heavy atom. The van der Waals surface area contributed by atoms with E-state index in [1.165, 1.54) is 12.4 Å². The summed E-state index contributed by atoms with van der Waals surface area (Å²) in [5.74, 6) is -0.466. The number of esters is 1. The predicted octanol–water partition coefficient (Wildman–Crippen LogP) is 3.38. The third kappa shape index (κ3) is 5.56. The van der Waals surface area contributed by atoms with Crippen molar-refractivity contribution in [3.8, 4) is 5.75 Å². The standard InChI is InChI=1S/C20H23F2N5O5/c1-2-31-19(28)13-7-9-26(10-8-13)18-16(27(29)30)17(24-12-25-18)23-11-14-5-3-4-6-15(14)32-20(21)22/h3-6,12-13,20H,2,7-11H2,1H3,(H,23,24,25). The average molecular weight is 451 g/mol. The smallest absolute Gasteiger partial charge is 0.387 e. The van der Waals surface area contributed by atoms with Gasteiger partial charge in [-0.2, -0.15) is 8.78 Å². The number of benzene rings is 1. The third-order valence-corrected chi connectivity index (χ3v) is 5.03. The fourth-order valence-electron chi connectivity index (χ4n) is 3.53. The second kappa shape index (κ2) is 10.6. The highest BCUT2D eigenvalue weighted by molar-refractivity contribution is 5.74. The van der Waals surface area contributed by atoms with E-state index < -0.39 is 11.5 Å². The molecule has 10 nitrogen and oxygen atoms in total. The summed E-state index contributed by atoms with van der Waals surface area (Å²) < 4.78 is 34.8. The number of anilines is 2. The molecule has 32 heavy (non-hydrogen) atoms. The van der Waals surface area contributed by atoms with E-state index in [1.54, 1.807) is 30.0 Å². The lowest BCUT2D eigenvalue weighted by molar-refractivity contribution is -0.383. The van der Waals surface area contributed by atoms with Crippen LogP contribution in [0.2, 0.25) is 0 Å². The molecule has 1 aliphatic heterocycles. The van der Waals surface area contributed by atoms with Crippen LogP contribution in [-0.4, -0.2) is 47.2 Å². The minimum atomic E-state index is -2.99. The molecule has 2 aromatic rings. The van der Waals surface area contributed by atoms with Gasteiger partial charge < -0.3 is 19.7 Å². The average Bonchev–Trinajstić information content (AvgIpc) is 2.78. The number of rotatable bonds is 9. The van der Waals surface area contributed by atoms with Gasteiger partial charge in [0.15, 0.2) is 0 Å². The van der Waals surface area contributed by atoms with Gasteiger partial charge in [-0.25, -0.2) is 9.97 Å². The number of nitrogens with one attached hydrogen (secondary N) is 1. The van der Waals surface area contributed by atoms with Gasteiger partial charge in [-0.05, 0) is 25.8 Å². The molecular weight excluding hydrogens is 428 g/mol. The number of halogens is 2. The minimum Gasteiger partial charge on any atom is -0.466 e.